The molecule has 0 aromatic heterocycles. The third-order valence-corrected chi connectivity index (χ3v) is 5.50. The summed E-state index contributed by atoms with van der Waals surface area (Å²) in [5.74, 6) is 0. The van der Waals surface area contributed by atoms with Gasteiger partial charge in [-0.25, -0.2) is 0 Å². The fraction of sp³-hybridized carbons (Fsp3) is 1.00. The summed E-state index contributed by atoms with van der Waals surface area (Å²) in [4.78, 5) is 0. The lowest BCUT2D eigenvalue weighted by Gasteiger charge is -2.11. The molecule has 0 bridgehead atoms. The van der Waals surface area contributed by atoms with Crippen LogP contribution in [0.1, 0.15) is 117 Å². The van der Waals surface area contributed by atoms with Gasteiger partial charge < -0.3 is 5.73 Å². The summed E-state index contributed by atoms with van der Waals surface area (Å²) in [7, 11) is 0. The highest BCUT2D eigenvalue weighted by Gasteiger charge is 2.02. The Bertz CT molecular complexity index is 180. The van der Waals surface area contributed by atoms with Crippen LogP contribution in [0.5, 0.6) is 0 Å². The normalized spacial score (nSPS) is 10.8. The van der Waals surface area contributed by atoms with Gasteiger partial charge in [0, 0.05) is 16.7 Å². The molecule has 0 aliphatic carbocycles. The molecule has 148 valence electrons. The Balaban J connectivity index is 0. The molecule has 0 unspecified atom stereocenters. The molecule has 0 saturated heterocycles. The predicted molar refractivity (Wildman–Crippen MR) is 121 cm³/mol. The first kappa shape index (κ1) is 27.1. The number of alkyl halides is 2. The average molecular weight is 471 g/mol. The largest absolute Gasteiger partial charge is 0.328 e. The lowest BCUT2D eigenvalue weighted by molar-refractivity contribution is 0.484. The summed E-state index contributed by atoms with van der Waals surface area (Å²) in [5, 5.41) is 2.28. The van der Waals surface area contributed by atoms with Gasteiger partial charge in [0.2, 0.25) is 0 Å². The molecular weight excluding hydrogens is 426 g/mol. The van der Waals surface area contributed by atoms with Gasteiger partial charge in [-0.1, -0.05) is 123 Å². The molecule has 0 aromatic carbocycles. The van der Waals surface area contributed by atoms with E-state index in [0.717, 1.165) is 10.7 Å². The maximum Gasteiger partial charge on any atom is 0.00388 e. The minimum atomic E-state index is 0.474. The maximum absolute atomic E-state index is 6.16. The van der Waals surface area contributed by atoms with Crippen molar-refractivity contribution < 1.29 is 0 Å². The number of unbranched alkanes of at least 4 members (excludes halogenated alkanes) is 11. The lowest BCUT2D eigenvalue weighted by Crippen LogP contribution is -2.19. The van der Waals surface area contributed by atoms with Crippen LogP contribution < -0.4 is 5.73 Å². The third-order valence-electron chi connectivity index (χ3n) is 4.37. The zero-order valence-corrected chi connectivity index (χ0v) is 19.8. The third kappa shape index (κ3) is 27.8. The zero-order valence-electron chi connectivity index (χ0n) is 16.6. The van der Waals surface area contributed by atoms with Crippen LogP contribution in [0, 0.1) is 0 Å². The van der Waals surface area contributed by atoms with Crippen LogP contribution in [0.4, 0.5) is 0 Å². The van der Waals surface area contributed by atoms with Gasteiger partial charge in [0.25, 0.3) is 0 Å². The summed E-state index contributed by atoms with van der Waals surface area (Å²) < 4.78 is 0. The van der Waals surface area contributed by atoms with Crippen LogP contribution in [0.3, 0.4) is 0 Å². The SMILES string of the molecule is BrCCCCBr.CCCCCCCCC(N)CCCCCCCC. The van der Waals surface area contributed by atoms with E-state index in [4.69, 9.17) is 5.73 Å². The second-order valence-electron chi connectivity index (χ2n) is 6.96. The topological polar surface area (TPSA) is 26.0 Å². The van der Waals surface area contributed by atoms with E-state index in [1.54, 1.807) is 0 Å². The first-order chi connectivity index (χ1) is 11.7. The fourth-order valence-corrected chi connectivity index (χ4v) is 3.50. The van der Waals surface area contributed by atoms with E-state index < -0.39 is 0 Å². The van der Waals surface area contributed by atoms with Gasteiger partial charge >= 0.3 is 0 Å². The van der Waals surface area contributed by atoms with Gasteiger partial charge in [-0.2, -0.15) is 0 Å². The molecule has 3 heteroatoms. The molecule has 0 aliphatic heterocycles. The molecule has 0 spiro atoms. The van der Waals surface area contributed by atoms with Crippen molar-refractivity contribution >= 4 is 31.9 Å². The lowest BCUT2D eigenvalue weighted by atomic mass is 10.0. The van der Waals surface area contributed by atoms with Crippen molar-refractivity contribution in [3.8, 4) is 0 Å². The Labute approximate surface area is 170 Å². The van der Waals surface area contributed by atoms with Gasteiger partial charge in [0.15, 0.2) is 0 Å². The zero-order chi connectivity index (χ0) is 18.3. The molecule has 0 atom stereocenters. The Hall–Kier alpha value is 0.920. The molecule has 24 heavy (non-hydrogen) atoms. The second kappa shape index (κ2) is 26.2. The Morgan fingerprint density at radius 2 is 0.875 bits per heavy atom. The Kier molecular flexibility index (Phi) is 29.6. The van der Waals surface area contributed by atoms with Crippen molar-refractivity contribution in [2.75, 3.05) is 10.7 Å². The Morgan fingerprint density at radius 3 is 1.21 bits per heavy atom. The molecule has 2 N–H and O–H groups in total. The predicted octanol–water partition coefficient (Wildman–Crippen LogP) is 8.37. The fourth-order valence-electron chi connectivity index (χ4n) is 2.71. The summed E-state index contributed by atoms with van der Waals surface area (Å²) in [5.41, 5.74) is 6.16. The quantitative estimate of drug-likeness (QED) is 0.167. The van der Waals surface area contributed by atoms with E-state index in [1.807, 2.05) is 0 Å². The maximum atomic E-state index is 6.16. The summed E-state index contributed by atoms with van der Waals surface area (Å²) in [6.45, 7) is 4.55. The van der Waals surface area contributed by atoms with Crippen LogP contribution >= 0.6 is 31.9 Å². The molecule has 0 aromatic rings. The standard InChI is InChI=1S/C17H37N.C4H8Br2/c1-3-5-7-9-11-13-15-17(18)16-14-12-10-8-6-4-2;5-3-1-2-4-6/h17H,3-16,18H2,1-2H3;1-4H2. The van der Waals surface area contributed by atoms with Crippen molar-refractivity contribution in [1.82, 2.24) is 0 Å². The van der Waals surface area contributed by atoms with Gasteiger partial charge in [-0.15, -0.1) is 0 Å². The van der Waals surface area contributed by atoms with Crippen LogP contribution in [0.15, 0.2) is 0 Å². The molecular formula is C21H45Br2N. The van der Waals surface area contributed by atoms with E-state index >= 15 is 0 Å². The van der Waals surface area contributed by atoms with E-state index in [0.29, 0.717) is 6.04 Å². The van der Waals surface area contributed by atoms with E-state index in [2.05, 4.69) is 45.7 Å². The molecule has 0 radical (unpaired) electrons. The summed E-state index contributed by atoms with van der Waals surface area (Å²) in [6, 6.07) is 0.474. The van der Waals surface area contributed by atoms with Gasteiger partial charge in [-0.3, -0.25) is 0 Å². The van der Waals surface area contributed by atoms with Crippen LogP contribution in [0.2, 0.25) is 0 Å². The highest BCUT2D eigenvalue weighted by Crippen LogP contribution is 2.12. The summed E-state index contributed by atoms with van der Waals surface area (Å²) >= 11 is 6.66. The molecule has 0 saturated carbocycles. The van der Waals surface area contributed by atoms with Crippen molar-refractivity contribution in [3.05, 3.63) is 0 Å². The molecule has 0 aliphatic rings. The van der Waals surface area contributed by atoms with E-state index in [-0.39, 0.29) is 0 Å². The molecule has 0 rings (SSSR count). The van der Waals surface area contributed by atoms with E-state index in [1.165, 1.54) is 103 Å². The van der Waals surface area contributed by atoms with Crippen molar-refractivity contribution in [3.63, 3.8) is 0 Å². The minimum Gasteiger partial charge on any atom is -0.328 e. The number of hydrogen-bond acceptors (Lipinski definition) is 1. The van der Waals surface area contributed by atoms with Crippen molar-refractivity contribution in [2.45, 2.75) is 123 Å². The molecule has 0 fully saturated rings. The minimum absolute atomic E-state index is 0.474. The summed E-state index contributed by atoms with van der Waals surface area (Å²) in [6.07, 6.45) is 21.7. The molecule has 1 nitrogen and oxygen atoms in total. The second-order valence-corrected chi connectivity index (χ2v) is 8.54. The van der Waals surface area contributed by atoms with Crippen LogP contribution in [0.25, 0.3) is 0 Å². The van der Waals surface area contributed by atoms with Crippen molar-refractivity contribution in [2.24, 2.45) is 5.73 Å². The number of rotatable bonds is 17. The van der Waals surface area contributed by atoms with Crippen LogP contribution in [-0.4, -0.2) is 16.7 Å². The highest BCUT2D eigenvalue weighted by atomic mass is 79.9. The van der Waals surface area contributed by atoms with Gasteiger partial charge in [-0.05, 0) is 25.7 Å². The number of halogens is 2. The van der Waals surface area contributed by atoms with Crippen molar-refractivity contribution in [1.29, 1.82) is 0 Å². The van der Waals surface area contributed by atoms with Crippen LogP contribution in [-0.2, 0) is 0 Å². The molecule has 0 amide bonds. The Morgan fingerprint density at radius 1 is 0.542 bits per heavy atom. The number of hydrogen-bond donors (Lipinski definition) is 1. The van der Waals surface area contributed by atoms with Gasteiger partial charge in [0.1, 0.15) is 0 Å². The first-order valence-electron chi connectivity index (χ1n) is 10.6. The monoisotopic (exact) mass is 469 g/mol. The van der Waals surface area contributed by atoms with Gasteiger partial charge in [0.05, 0.1) is 0 Å². The highest BCUT2D eigenvalue weighted by molar-refractivity contribution is 9.09. The van der Waals surface area contributed by atoms with E-state index in [9.17, 15) is 0 Å². The molecule has 0 heterocycles. The average Bonchev–Trinajstić information content (AvgIpc) is 2.59. The first-order valence-corrected chi connectivity index (χ1v) is 12.8. The number of nitrogens with two attached hydrogens (primary N) is 1. The smallest absolute Gasteiger partial charge is 0.00388 e.